The summed E-state index contributed by atoms with van der Waals surface area (Å²) in [5, 5.41) is 24.4. The SMILES string of the molecule is CC(C)CO.CC(C)CO.CC(C)CO.[CH3][Ge]([CH3])([F])[C]1=[C-]CC=C1.[Zr]. The van der Waals surface area contributed by atoms with E-state index < -0.39 is 13.7 Å². The first kappa shape index (κ1) is 33.3. The number of aliphatic hydroxyl groups is 3. The molecule has 25 heavy (non-hydrogen) atoms. The Balaban J connectivity index is -0.000000122. The van der Waals surface area contributed by atoms with E-state index in [0.29, 0.717) is 37.6 Å². The third kappa shape index (κ3) is 32.8. The molecule has 3 nitrogen and oxygen atoms in total. The van der Waals surface area contributed by atoms with Gasteiger partial charge in [0.2, 0.25) is 0 Å². The minimum absolute atomic E-state index is 0. The molecule has 6 heteroatoms. The topological polar surface area (TPSA) is 60.7 Å². The summed E-state index contributed by atoms with van der Waals surface area (Å²) in [6.07, 6.45) is 7.66. The number of halogens is 1. The van der Waals surface area contributed by atoms with E-state index in [1.807, 2.05) is 53.7 Å². The summed E-state index contributed by atoms with van der Waals surface area (Å²) in [6.45, 7) is 12.7. The van der Waals surface area contributed by atoms with E-state index >= 15 is 0 Å². The molecule has 0 heterocycles. The Morgan fingerprint density at radius 2 is 1.20 bits per heavy atom. The molecular weight excluding hydrogens is 459 g/mol. The van der Waals surface area contributed by atoms with E-state index in [2.05, 4.69) is 6.08 Å². The number of aliphatic hydroxyl groups excluding tert-OH is 3. The summed E-state index contributed by atoms with van der Waals surface area (Å²) >= 11 is -2.96. The van der Waals surface area contributed by atoms with Gasteiger partial charge in [-0.15, -0.1) is 0 Å². The van der Waals surface area contributed by atoms with Crippen molar-refractivity contribution in [2.24, 2.45) is 17.8 Å². The van der Waals surface area contributed by atoms with E-state index in [0.717, 1.165) is 10.8 Å². The summed E-state index contributed by atoms with van der Waals surface area (Å²) < 4.78 is 14.0. The van der Waals surface area contributed by atoms with Gasteiger partial charge >= 0.3 is 57.8 Å². The van der Waals surface area contributed by atoms with Gasteiger partial charge in [0, 0.05) is 46.0 Å². The van der Waals surface area contributed by atoms with Crippen molar-refractivity contribution in [1.82, 2.24) is 0 Å². The molecule has 1 aliphatic rings. The molecule has 1 rings (SSSR count). The molecule has 3 N–H and O–H groups in total. The maximum absolute atomic E-state index is 13.1. The second-order valence-corrected chi connectivity index (χ2v) is 14.7. The predicted octanol–water partition coefficient (Wildman–Crippen LogP) is 4.29. The van der Waals surface area contributed by atoms with Gasteiger partial charge in [-0.25, -0.2) is 0 Å². The van der Waals surface area contributed by atoms with Crippen molar-refractivity contribution in [3.63, 3.8) is 0 Å². The second kappa shape index (κ2) is 21.0. The molecule has 0 saturated carbocycles. The maximum Gasteiger partial charge on any atom is 0 e. The first-order valence-electron chi connectivity index (χ1n) is 8.71. The molecule has 0 aromatic rings. The maximum atomic E-state index is 13.1. The van der Waals surface area contributed by atoms with Crippen LogP contribution in [0, 0.1) is 23.8 Å². The molecule has 0 aliphatic heterocycles. The molecule has 0 spiro atoms. The van der Waals surface area contributed by atoms with E-state index in [1.54, 1.807) is 11.5 Å². The van der Waals surface area contributed by atoms with Crippen molar-refractivity contribution < 1.29 is 45.0 Å². The monoisotopic (exact) mass is 499 g/mol. The largest absolute Gasteiger partial charge is 0 e. The van der Waals surface area contributed by atoms with Crippen LogP contribution in [0.4, 0.5) is 3.50 Å². The van der Waals surface area contributed by atoms with E-state index in [1.165, 1.54) is 0 Å². The Labute approximate surface area is 177 Å². The van der Waals surface area contributed by atoms with Crippen molar-refractivity contribution in [2.75, 3.05) is 19.8 Å². The van der Waals surface area contributed by atoms with Crippen LogP contribution in [0.15, 0.2) is 16.6 Å². The summed E-state index contributed by atoms with van der Waals surface area (Å²) in [4.78, 5) is 0. The minimum Gasteiger partial charge on any atom is 0 e. The zero-order valence-corrected chi connectivity index (χ0v) is 22.0. The summed E-state index contributed by atoms with van der Waals surface area (Å²) in [7, 11) is 0. The van der Waals surface area contributed by atoms with Crippen molar-refractivity contribution in [3.8, 4) is 0 Å². The molecule has 0 saturated heterocycles. The third-order valence-corrected chi connectivity index (χ3v) is 5.84. The van der Waals surface area contributed by atoms with Crippen molar-refractivity contribution in [3.05, 3.63) is 22.6 Å². The van der Waals surface area contributed by atoms with Crippen LogP contribution in [0.5, 0.6) is 0 Å². The Kier molecular flexibility index (Phi) is 28.0. The average molecular weight is 499 g/mol. The summed E-state index contributed by atoms with van der Waals surface area (Å²) in [5.74, 6) is 4.79. The van der Waals surface area contributed by atoms with Gasteiger partial charge in [-0.05, 0) is 17.8 Å². The zero-order chi connectivity index (χ0) is 19.8. The molecular formula is C19H40FGeO3Zr-. The quantitative estimate of drug-likeness (QED) is 0.400. The standard InChI is InChI=1S/C7H10FGe.3C4H10O.Zr/c1-9(2,8)7-5-3-4-6-7;3*1-4(2)3-5;/h3,5H,4H2,1-2H3;3*4-5H,3H2,1-2H3;/q-1;;;;. The Hall–Kier alpha value is 0.716. The zero-order valence-electron chi connectivity index (χ0n) is 17.4. The Bertz CT molecular complexity index is 306. The molecule has 0 amide bonds. The Morgan fingerprint density at radius 1 is 0.920 bits per heavy atom. The molecule has 1 aliphatic carbocycles. The number of hydrogen-bond acceptors (Lipinski definition) is 3. The van der Waals surface area contributed by atoms with Gasteiger partial charge in [-0.3, -0.25) is 0 Å². The first-order chi connectivity index (χ1) is 10.9. The van der Waals surface area contributed by atoms with Gasteiger partial charge in [0.1, 0.15) is 0 Å². The molecule has 0 bridgehead atoms. The van der Waals surface area contributed by atoms with Crippen LogP contribution in [0.2, 0.25) is 11.5 Å². The van der Waals surface area contributed by atoms with E-state index in [9.17, 15) is 3.50 Å². The molecule has 0 radical (unpaired) electrons. The molecule has 0 aromatic carbocycles. The van der Waals surface area contributed by atoms with Gasteiger partial charge in [0.25, 0.3) is 0 Å². The molecule has 0 fully saturated rings. The number of hydrogen-bond donors (Lipinski definition) is 3. The second-order valence-electron chi connectivity index (χ2n) is 7.40. The van der Waals surface area contributed by atoms with Crippen LogP contribution in [-0.4, -0.2) is 48.9 Å². The first-order valence-corrected chi connectivity index (χ1v) is 14.7. The fourth-order valence-electron chi connectivity index (χ4n) is 0.813. The normalized spacial score (nSPS) is 12.4. The fraction of sp³-hybridized carbons (Fsp3) is 0.789. The molecule has 0 atom stereocenters. The van der Waals surface area contributed by atoms with E-state index in [-0.39, 0.29) is 26.2 Å². The van der Waals surface area contributed by atoms with Crippen LogP contribution in [0.25, 0.3) is 0 Å². The van der Waals surface area contributed by atoms with Crippen LogP contribution in [0.3, 0.4) is 0 Å². The van der Waals surface area contributed by atoms with Crippen LogP contribution < -0.4 is 0 Å². The van der Waals surface area contributed by atoms with Gasteiger partial charge < -0.3 is 15.3 Å². The Morgan fingerprint density at radius 3 is 1.28 bits per heavy atom. The van der Waals surface area contributed by atoms with Gasteiger partial charge in [-0.1, -0.05) is 41.5 Å². The molecule has 0 aromatic heterocycles. The fourth-order valence-corrected chi connectivity index (χ4v) is 2.99. The average Bonchev–Trinajstić information content (AvgIpc) is 3.03. The van der Waals surface area contributed by atoms with Gasteiger partial charge in [0.05, 0.1) is 0 Å². The summed E-state index contributed by atoms with van der Waals surface area (Å²) in [6, 6.07) is 0. The van der Waals surface area contributed by atoms with Crippen molar-refractivity contribution >= 4 is 13.7 Å². The van der Waals surface area contributed by atoms with Gasteiger partial charge in [-0.2, -0.15) is 0 Å². The minimum atomic E-state index is -2.96. The molecule has 0 unspecified atom stereocenters. The molecule has 150 valence electrons. The van der Waals surface area contributed by atoms with Crippen LogP contribution in [-0.2, 0) is 26.2 Å². The number of allylic oxidation sites excluding steroid dienone is 4. The van der Waals surface area contributed by atoms with Crippen molar-refractivity contribution in [2.45, 2.75) is 59.5 Å². The van der Waals surface area contributed by atoms with Crippen LogP contribution in [0.1, 0.15) is 48.0 Å². The van der Waals surface area contributed by atoms with E-state index in [4.69, 9.17) is 15.3 Å². The predicted molar refractivity (Wildman–Crippen MR) is 105 cm³/mol. The number of rotatable bonds is 4. The van der Waals surface area contributed by atoms with Crippen LogP contribution >= 0.6 is 0 Å². The third-order valence-electron chi connectivity index (χ3n) is 2.43. The smallest absolute Gasteiger partial charge is 0 e. The summed E-state index contributed by atoms with van der Waals surface area (Å²) in [5.41, 5.74) is 0. The van der Waals surface area contributed by atoms with Crippen molar-refractivity contribution in [1.29, 1.82) is 0 Å². The van der Waals surface area contributed by atoms with Gasteiger partial charge in [0.15, 0.2) is 0 Å².